The molecule has 0 spiro atoms. The van der Waals surface area contributed by atoms with Gasteiger partial charge in [-0.05, 0) is 131 Å². The van der Waals surface area contributed by atoms with Crippen LogP contribution in [0.3, 0.4) is 0 Å². The van der Waals surface area contributed by atoms with E-state index in [2.05, 4.69) is 129 Å². The van der Waals surface area contributed by atoms with E-state index in [1.807, 2.05) is 18.2 Å². The number of nitrogens with zero attached hydrogens (tertiary/aromatic N) is 1. The van der Waals surface area contributed by atoms with Crippen LogP contribution in [0.4, 0.5) is 5.69 Å². The first-order valence-electron chi connectivity index (χ1n) is 19.3. The van der Waals surface area contributed by atoms with Gasteiger partial charge in [-0.25, -0.2) is 0 Å². The van der Waals surface area contributed by atoms with E-state index >= 15 is 0 Å². The Morgan fingerprint density at radius 3 is 2.40 bits per heavy atom. The van der Waals surface area contributed by atoms with Gasteiger partial charge in [0.1, 0.15) is 11.5 Å². The summed E-state index contributed by atoms with van der Waals surface area (Å²) in [5.41, 5.74) is 16.1. The summed E-state index contributed by atoms with van der Waals surface area (Å²) in [5.74, 6) is 2.30. The van der Waals surface area contributed by atoms with Crippen LogP contribution in [0.25, 0.3) is 39.9 Å². The van der Waals surface area contributed by atoms with Crippen molar-refractivity contribution in [3.63, 3.8) is 0 Å². The highest BCUT2D eigenvalue weighted by atomic mass is 35.5. The van der Waals surface area contributed by atoms with Crippen molar-refractivity contribution < 1.29 is 4.42 Å². The number of benzene rings is 4. The van der Waals surface area contributed by atoms with E-state index in [1.54, 1.807) is 0 Å². The topological polar surface area (TPSA) is 37.5 Å². The van der Waals surface area contributed by atoms with Crippen LogP contribution in [-0.4, -0.2) is 13.1 Å². The zero-order valence-corrected chi connectivity index (χ0v) is 31.8. The Hall–Kier alpha value is -5.12. The Morgan fingerprint density at radius 2 is 1.62 bits per heavy atom. The Balaban J connectivity index is 1.18. The van der Waals surface area contributed by atoms with Crippen LogP contribution < -0.4 is 10.7 Å². The van der Waals surface area contributed by atoms with Crippen LogP contribution in [0.15, 0.2) is 141 Å². The SMILES string of the molecule is CCN=c1cc2oc(-c3ccccc3)cc(/C=C/C3=C(Cl)C(=C/C=C4\C=C(c5ccccc5)Cc5cc6c(cc54)CC(C)CN6)/CCC3)c-2cc1CC. The minimum atomic E-state index is 0.628. The van der Waals surface area contributed by atoms with Crippen LogP contribution in [0.5, 0.6) is 0 Å². The van der Waals surface area contributed by atoms with E-state index in [0.717, 1.165) is 90.2 Å². The second-order valence-electron chi connectivity index (χ2n) is 14.6. The van der Waals surface area contributed by atoms with E-state index in [9.17, 15) is 0 Å². The van der Waals surface area contributed by atoms with E-state index in [1.165, 1.54) is 55.8 Å². The number of hydrogen-bond acceptors (Lipinski definition) is 3. The number of aryl methyl sites for hydroxylation is 1. The molecule has 266 valence electrons. The van der Waals surface area contributed by atoms with Crippen molar-refractivity contribution in [3.05, 3.63) is 170 Å². The molecule has 3 aromatic rings. The van der Waals surface area contributed by atoms with Crippen molar-refractivity contribution in [2.24, 2.45) is 10.9 Å². The van der Waals surface area contributed by atoms with Crippen molar-refractivity contribution >= 4 is 34.5 Å². The Morgan fingerprint density at radius 1 is 0.830 bits per heavy atom. The first-order chi connectivity index (χ1) is 26.0. The zero-order valence-electron chi connectivity index (χ0n) is 31.0. The minimum absolute atomic E-state index is 0.628. The maximum Gasteiger partial charge on any atom is 0.137 e. The molecule has 3 aromatic carbocycles. The fraction of sp³-hybridized carbons (Fsp3) is 0.245. The lowest BCUT2D eigenvalue weighted by molar-refractivity contribution is 0.579. The molecule has 0 saturated carbocycles. The monoisotopic (exact) mass is 714 g/mol. The van der Waals surface area contributed by atoms with Crippen LogP contribution >= 0.6 is 11.6 Å². The number of fused-ring (bicyclic) bond motifs is 3. The molecule has 2 aliphatic heterocycles. The van der Waals surface area contributed by atoms with Crippen molar-refractivity contribution in [3.8, 4) is 22.6 Å². The Bertz CT molecular complexity index is 2350. The molecule has 0 fully saturated rings. The van der Waals surface area contributed by atoms with Crippen molar-refractivity contribution in [1.29, 1.82) is 0 Å². The quantitative estimate of drug-likeness (QED) is 0.182. The number of allylic oxidation sites excluding steroid dienone is 9. The van der Waals surface area contributed by atoms with Gasteiger partial charge in [-0.1, -0.05) is 116 Å². The Labute approximate surface area is 319 Å². The molecule has 53 heavy (non-hydrogen) atoms. The van der Waals surface area contributed by atoms with Gasteiger partial charge in [0, 0.05) is 41.0 Å². The predicted octanol–water partition coefficient (Wildman–Crippen LogP) is 12.5. The zero-order chi connectivity index (χ0) is 36.3. The molecule has 0 bridgehead atoms. The van der Waals surface area contributed by atoms with Gasteiger partial charge in [0.25, 0.3) is 0 Å². The normalized spacial score (nSPS) is 19.1. The molecule has 1 atom stereocenters. The van der Waals surface area contributed by atoms with Crippen LogP contribution in [0.1, 0.15) is 73.4 Å². The van der Waals surface area contributed by atoms with Gasteiger partial charge < -0.3 is 9.73 Å². The standard InChI is InChI=1S/C49H47ClN2O/c1-4-33-26-44-39(29-47(35-15-10-7-11-16-35)53-48(44)30-46(33)51-5-2)22-20-37-18-12-17-36(49(37)50)19-21-38-24-40(34-13-8-6-9-14-34)25-41-28-45-42(27-43(38)41)23-32(3)31-52-45/h6-11,13-16,19-22,24,26-30,32,52H,4-5,12,17-18,23,25,31H2,1-3H3/b22-20+,36-19+,38-21+,51-46?. The van der Waals surface area contributed by atoms with Gasteiger partial charge in [0.2, 0.25) is 0 Å². The molecule has 0 aromatic heterocycles. The van der Waals surface area contributed by atoms with Gasteiger partial charge in [0.15, 0.2) is 0 Å². The second-order valence-corrected chi connectivity index (χ2v) is 15.0. The fourth-order valence-corrected chi connectivity index (χ4v) is 8.34. The molecule has 3 aliphatic carbocycles. The average molecular weight is 715 g/mol. The number of hydrogen-bond donors (Lipinski definition) is 1. The summed E-state index contributed by atoms with van der Waals surface area (Å²) in [6.45, 7) is 8.36. The highest BCUT2D eigenvalue weighted by Crippen LogP contribution is 2.40. The van der Waals surface area contributed by atoms with Crippen molar-refractivity contribution in [2.45, 2.75) is 59.3 Å². The summed E-state index contributed by atoms with van der Waals surface area (Å²) in [6, 6.07) is 32.5. The first-order valence-corrected chi connectivity index (χ1v) is 19.7. The molecule has 4 heteroatoms. The molecular formula is C49H47ClN2O. The first kappa shape index (κ1) is 34.9. The minimum Gasteiger partial charge on any atom is -0.456 e. The van der Waals surface area contributed by atoms with Gasteiger partial charge >= 0.3 is 0 Å². The molecule has 5 aliphatic rings. The summed E-state index contributed by atoms with van der Waals surface area (Å²) in [7, 11) is 0. The van der Waals surface area contributed by atoms with E-state index in [0.29, 0.717) is 5.92 Å². The van der Waals surface area contributed by atoms with Gasteiger partial charge in [-0.2, -0.15) is 0 Å². The lowest BCUT2D eigenvalue weighted by Gasteiger charge is -2.28. The van der Waals surface area contributed by atoms with Gasteiger partial charge in [-0.15, -0.1) is 0 Å². The van der Waals surface area contributed by atoms with Gasteiger partial charge in [-0.3, -0.25) is 4.99 Å². The average Bonchev–Trinajstić information content (AvgIpc) is 3.19. The lowest BCUT2D eigenvalue weighted by Crippen LogP contribution is -2.21. The highest BCUT2D eigenvalue weighted by molar-refractivity contribution is 6.32. The molecule has 3 nitrogen and oxygen atoms in total. The second kappa shape index (κ2) is 15.5. The van der Waals surface area contributed by atoms with Crippen molar-refractivity contribution in [1.82, 2.24) is 0 Å². The third-order valence-corrected chi connectivity index (χ3v) is 11.3. The maximum absolute atomic E-state index is 7.29. The number of rotatable bonds is 7. The fourth-order valence-electron chi connectivity index (χ4n) is 8.03. The molecule has 0 saturated heterocycles. The largest absolute Gasteiger partial charge is 0.456 e. The third-order valence-electron chi connectivity index (χ3n) is 10.9. The van der Waals surface area contributed by atoms with Crippen LogP contribution in [0, 0.1) is 5.92 Å². The predicted molar refractivity (Wildman–Crippen MR) is 224 cm³/mol. The molecular weight excluding hydrogens is 668 g/mol. The summed E-state index contributed by atoms with van der Waals surface area (Å²) < 4.78 is 6.54. The Kier molecular flexibility index (Phi) is 10.2. The molecule has 0 radical (unpaired) electrons. The molecule has 0 amide bonds. The van der Waals surface area contributed by atoms with Gasteiger partial charge in [0.05, 0.1) is 5.36 Å². The highest BCUT2D eigenvalue weighted by Gasteiger charge is 2.23. The molecule has 8 rings (SSSR count). The maximum atomic E-state index is 7.29. The van der Waals surface area contributed by atoms with E-state index in [4.69, 9.17) is 21.0 Å². The summed E-state index contributed by atoms with van der Waals surface area (Å²) in [4.78, 5) is 4.78. The number of anilines is 1. The van der Waals surface area contributed by atoms with E-state index < -0.39 is 0 Å². The summed E-state index contributed by atoms with van der Waals surface area (Å²) in [5, 5.41) is 5.56. The molecule has 2 heterocycles. The summed E-state index contributed by atoms with van der Waals surface area (Å²) in [6.07, 6.45) is 17.3. The smallest absolute Gasteiger partial charge is 0.137 e. The van der Waals surface area contributed by atoms with Crippen LogP contribution in [-0.2, 0) is 19.3 Å². The van der Waals surface area contributed by atoms with Crippen molar-refractivity contribution in [2.75, 3.05) is 18.4 Å². The summed E-state index contributed by atoms with van der Waals surface area (Å²) >= 11 is 7.29. The van der Waals surface area contributed by atoms with Crippen LogP contribution in [0.2, 0.25) is 0 Å². The lowest BCUT2D eigenvalue weighted by atomic mass is 9.81. The number of halogens is 1. The number of nitrogens with one attached hydrogen (secondary N) is 1. The molecule has 1 N–H and O–H groups in total. The third kappa shape index (κ3) is 7.41. The van der Waals surface area contributed by atoms with E-state index in [-0.39, 0.29) is 0 Å². The molecule has 1 unspecified atom stereocenters.